The van der Waals surface area contributed by atoms with Crippen molar-refractivity contribution in [3.05, 3.63) is 29.8 Å². The molecule has 0 fully saturated rings. The summed E-state index contributed by atoms with van der Waals surface area (Å²) in [6.07, 6.45) is 0. The summed E-state index contributed by atoms with van der Waals surface area (Å²) >= 11 is 0. The predicted molar refractivity (Wildman–Crippen MR) is 80.7 cm³/mol. The van der Waals surface area contributed by atoms with Crippen molar-refractivity contribution < 1.29 is 4.74 Å². The maximum Gasteiger partial charge on any atom is 0.191 e. The summed E-state index contributed by atoms with van der Waals surface area (Å²) < 4.78 is 5.49. The highest BCUT2D eigenvalue weighted by atomic mass is 16.5. The van der Waals surface area contributed by atoms with E-state index in [1.54, 1.807) is 0 Å². The summed E-state index contributed by atoms with van der Waals surface area (Å²) in [6.45, 7) is 10.4. The molecule has 0 unspecified atom stereocenters. The molecule has 0 bridgehead atoms. The molecule has 0 aliphatic rings. The van der Waals surface area contributed by atoms with Gasteiger partial charge in [0.05, 0.1) is 13.2 Å². The molecule has 19 heavy (non-hydrogen) atoms. The number of aliphatic imine (C=N–C) groups is 1. The van der Waals surface area contributed by atoms with E-state index in [1.807, 2.05) is 25.1 Å². The zero-order chi connectivity index (χ0) is 14.1. The molecular weight excluding hydrogens is 238 g/mol. The van der Waals surface area contributed by atoms with Gasteiger partial charge in [-0.15, -0.1) is 0 Å². The molecule has 4 nitrogen and oxygen atoms in total. The lowest BCUT2D eigenvalue weighted by Gasteiger charge is -2.14. The lowest BCUT2D eigenvalue weighted by atomic mass is 10.2. The first-order valence-corrected chi connectivity index (χ1v) is 6.92. The molecule has 4 heteroatoms. The van der Waals surface area contributed by atoms with E-state index in [2.05, 4.69) is 42.5 Å². The second-order valence-corrected chi connectivity index (χ2v) is 4.57. The molecule has 106 valence electrons. The van der Waals surface area contributed by atoms with Crippen molar-refractivity contribution in [2.75, 3.05) is 13.2 Å². The van der Waals surface area contributed by atoms with Crippen LogP contribution in [0.25, 0.3) is 0 Å². The summed E-state index contributed by atoms with van der Waals surface area (Å²) in [5.41, 5.74) is 1.15. The normalized spacial score (nSPS) is 11.5. The summed E-state index contributed by atoms with van der Waals surface area (Å²) in [4.78, 5) is 4.56. The van der Waals surface area contributed by atoms with Crippen LogP contribution in [0.2, 0.25) is 0 Å². The minimum absolute atomic E-state index is 0.368. The van der Waals surface area contributed by atoms with Gasteiger partial charge in [-0.3, -0.25) is 0 Å². The number of nitrogens with one attached hydrogen (secondary N) is 2. The van der Waals surface area contributed by atoms with Crippen LogP contribution in [0.5, 0.6) is 5.75 Å². The summed E-state index contributed by atoms with van der Waals surface area (Å²) in [5.74, 6) is 1.75. The van der Waals surface area contributed by atoms with E-state index in [0.29, 0.717) is 19.2 Å². The van der Waals surface area contributed by atoms with Crippen LogP contribution in [0.3, 0.4) is 0 Å². The monoisotopic (exact) mass is 263 g/mol. The van der Waals surface area contributed by atoms with Gasteiger partial charge < -0.3 is 15.4 Å². The Morgan fingerprint density at radius 2 is 2.11 bits per heavy atom. The number of benzene rings is 1. The fourth-order valence-electron chi connectivity index (χ4n) is 1.66. The molecule has 0 aliphatic heterocycles. The quantitative estimate of drug-likeness (QED) is 0.612. The number of nitrogens with zero attached hydrogens (tertiary/aromatic N) is 1. The largest absolute Gasteiger partial charge is 0.494 e. The van der Waals surface area contributed by atoms with Gasteiger partial charge >= 0.3 is 0 Å². The van der Waals surface area contributed by atoms with Gasteiger partial charge in [0.1, 0.15) is 5.75 Å². The summed E-state index contributed by atoms with van der Waals surface area (Å²) in [6, 6.07) is 8.43. The molecule has 0 amide bonds. The summed E-state index contributed by atoms with van der Waals surface area (Å²) in [5, 5.41) is 6.53. The van der Waals surface area contributed by atoms with E-state index < -0.39 is 0 Å². The summed E-state index contributed by atoms with van der Waals surface area (Å²) in [7, 11) is 0. The second-order valence-electron chi connectivity index (χ2n) is 4.57. The molecular formula is C15H25N3O. The number of ether oxygens (including phenoxy) is 1. The highest BCUT2D eigenvalue weighted by Crippen LogP contribution is 2.13. The maximum atomic E-state index is 5.49. The Morgan fingerprint density at radius 3 is 2.74 bits per heavy atom. The van der Waals surface area contributed by atoms with Gasteiger partial charge in [0.2, 0.25) is 0 Å². The molecule has 1 aromatic carbocycles. The molecule has 2 N–H and O–H groups in total. The smallest absolute Gasteiger partial charge is 0.191 e. The van der Waals surface area contributed by atoms with Crippen LogP contribution in [0.1, 0.15) is 33.3 Å². The molecule has 0 atom stereocenters. The van der Waals surface area contributed by atoms with E-state index in [9.17, 15) is 0 Å². The van der Waals surface area contributed by atoms with Crippen LogP contribution in [0.4, 0.5) is 0 Å². The highest BCUT2D eigenvalue weighted by Gasteiger charge is 2.00. The third kappa shape index (κ3) is 6.13. The first-order chi connectivity index (χ1) is 9.15. The van der Waals surface area contributed by atoms with Crippen molar-refractivity contribution in [1.82, 2.24) is 10.6 Å². The predicted octanol–water partition coefficient (Wildman–Crippen LogP) is 2.55. The van der Waals surface area contributed by atoms with Crippen LogP contribution < -0.4 is 15.4 Å². The van der Waals surface area contributed by atoms with Crippen LogP contribution in [0, 0.1) is 0 Å². The van der Waals surface area contributed by atoms with Crippen LogP contribution >= 0.6 is 0 Å². The maximum absolute atomic E-state index is 5.49. The molecule has 0 spiro atoms. The van der Waals surface area contributed by atoms with Gasteiger partial charge in [-0.1, -0.05) is 12.1 Å². The molecule has 0 saturated heterocycles. The zero-order valence-corrected chi connectivity index (χ0v) is 12.4. The fraction of sp³-hybridized carbons (Fsp3) is 0.533. The number of guanidine groups is 1. The van der Waals surface area contributed by atoms with E-state index in [4.69, 9.17) is 4.74 Å². The molecule has 0 saturated carbocycles. The number of hydrogen-bond acceptors (Lipinski definition) is 2. The topological polar surface area (TPSA) is 45.7 Å². The van der Waals surface area contributed by atoms with Crippen molar-refractivity contribution >= 4 is 5.96 Å². The van der Waals surface area contributed by atoms with Crippen molar-refractivity contribution in [2.45, 2.75) is 40.3 Å². The fourth-order valence-corrected chi connectivity index (χ4v) is 1.66. The zero-order valence-electron chi connectivity index (χ0n) is 12.4. The lowest BCUT2D eigenvalue weighted by Crippen LogP contribution is -2.40. The minimum atomic E-state index is 0.368. The molecule has 0 heterocycles. The van der Waals surface area contributed by atoms with E-state index >= 15 is 0 Å². The standard InChI is InChI=1S/C15H25N3O/c1-5-16-15(18-12(3)4)17-11-13-8-7-9-14(10-13)19-6-2/h7-10,12H,5-6,11H2,1-4H3,(H2,16,17,18). The lowest BCUT2D eigenvalue weighted by molar-refractivity contribution is 0.340. The van der Waals surface area contributed by atoms with E-state index in [-0.39, 0.29) is 0 Å². The van der Waals surface area contributed by atoms with Crippen molar-refractivity contribution in [2.24, 2.45) is 4.99 Å². The van der Waals surface area contributed by atoms with Gasteiger partial charge in [0.25, 0.3) is 0 Å². The van der Waals surface area contributed by atoms with E-state index in [1.165, 1.54) is 0 Å². The van der Waals surface area contributed by atoms with E-state index in [0.717, 1.165) is 23.8 Å². The Hall–Kier alpha value is -1.71. The van der Waals surface area contributed by atoms with Crippen molar-refractivity contribution in [1.29, 1.82) is 0 Å². The second kappa shape index (κ2) is 8.40. The van der Waals surface area contributed by atoms with Crippen LogP contribution in [0.15, 0.2) is 29.3 Å². The Morgan fingerprint density at radius 1 is 1.32 bits per heavy atom. The number of rotatable bonds is 6. The Bertz CT molecular complexity index is 402. The Kier molecular flexibility index (Phi) is 6.79. The average molecular weight is 263 g/mol. The minimum Gasteiger partial charge on any atom is -0.494 e. The molecule has 1 aromatic rings. The SMILES string of the molecule is CCNC(=NCc1cccc(OCC)c1)NC(C)C. The molecule has 1 rings (SSSR count). The van der Waals surface area contributed by atoms with Crippen LogP contribution in [-0.4, -0.2) is 25.2 Å². The molecule has 0 aliphatic carbocycles. The molecule has 0 radical (unpaired) electrons. The van der Waals surface area contributed by atoms with Crippen molar-refractivity contribution in [3.8, 4) is 5.75 Å². The Labute approximate surface area is 116 Å². The van der Waals surface area contributed by atoms with Gasteiger partial charge in [0, 0.05) is 12.6 Å². The Balaban J connectivity index is 2.67. The average Bonchev–Trinajstić information content (AvgIpc) is 2.36. The third-order valence-corrected chi connectivity index (χ3v) is 2.40. The third-order valence-electron chi connectivity index (χ3n) is 2.40. The first kappa shape index (κ1) is 15.3. The van der Waals surface area contributed by atoms with Gasteiger partial charge in [-0.05, 0) is 45.4 Å². The van der Waals surface area contributed by atoms with Crippen LogP contribution in [-0.2, 0) is 6.54 Å². The van der Waals surface area contributed by atoms with Gasteiger partial charge in [0.15, 0.2) is 5.96 Å². The highest BCUT2D eigenvalue weighted by molar-refractivity contribution is 5.79. The van der Waals surface area contributed by atoms with Gasteiger partial charge in [-0.25, -0.2) is 4.99 Å². The number of hydrogen-bond donors (Lipinski definition) is 2. The van der Waals surface area contributed by atoms with Gasteiger partial charge in [-0.2, -0.15) is 0 Å². The molecule has 0 aromatic heterocycles. The first-order valence-electron chi connectivity index (χ1n) is 6.92. The van der Waals surface area contributed by atoms with Crippen molar-refractivity contribution in [3.63, 3.8) is 0 Å².